The molecule has 0 unspecified atom stereocenters. The van der Waals surface area contributed by atoms with Crippen molar-refractivity contribution in [3.63, 3.8) is 0 Å². The summed E-state index contributed by atoms with van der Waals surface area (Å²) in [5, 5.41) is 6.29. The van der Waals surface area contributed by atoms with Crippen molar-refractivity contribution in [1.29, 1.82) is 0 Å². The minimum atomic E-state index is 0. The maximum Gasteiger partial charge on any atom is 0.241 e. The molecule has 3 aliphatic rings. The summed E-state index contributed by atoms with van der Waals surface area (Å²) in [5.74, 6) is 0.671. The standard InChI is InChI=1S/C18H31N3O2.ClH/c22-16(12-15-4-2-1-3-5-15)20-13-17(23)21-10-7-18(8-11-21)6-9-19-14-18;/h15,19H,1-14H2,(H,20,22);1H. The molecule has 2 saturated heterocycles. The highest BCUT2D eigenvalue weighted by Gasteiger charge is 2.37. The Hall–Kier alpha value is -0.810. The minimum Gasteiger partial charge on any atom is -0.347 e. The van der Waals surface area contributed by atoms with Crippen molar-refractivity contribution >= 4 is 24.2 Å². The van der Waals surface area contributed by atoms with E-state index in [4.69, 9.17) is 0 Å². The van der Waals surface area contributed by atoms with E-state index in [-0.39, 0.29) is 30.8 Å². The summed E-state index contributed by atoms with van der Waals surface area (Å²) in [6.07, 6.45) is 10.2. The Balaban J connectivity index is 0.00000208. The highest BCUT2D eigenvalue weighted by atomic mass is 35.5. The maximum absolute atomic E-state index is 12.3. The van der Waals surface area contributed by atoms with Crippen LogP contribution >= 0.6 is 12.4 Å². The van der Waals surface area contributed by atoms with Gasteiger partial charge in [0.1, 0.15) is 0 Å². The molecule has 1 aliphatic carbocycles. The smallest absolute Gasteiger partial charge is 0.241 e. The van der Waals surface area contributed by atoms with E-state index >= 15 is 0 Å². The number of amides is 2. The Morgan fingerprint density at radius 2 is 1.79 bits per heavy atom. The first kappa shape index (κ1) is 19.5. The number of rotatable bonds is 4. The number of nitrogens with zero attached hydrogens (tertiary/aromatic N) is 1. The number of halogens is 1. The molecular formula is C18H32ClN3O2. The third-order valence-corrected chi connectivity index (χ3v) is 6.14. The number of piperidine rings is 1. The summed E-state index contributed by atoms with van der Waals surface area (Å²) < 4.78 is 0. The van der Waals surface area contributed by atoms with E-state index < -0.39 is 0 Å². The van der Waals surface area contributed by atoms with Gasteiger partial charge in [-0.25, -0.2) is 0 Å². The van der Waals surface area contributed by atoms with Gasteiger partial charge in [0.25, 0.3) is 0 Å². The zero-order valence-electron chi connectivity index (χ0n) is 14.6. The minimum absolute atomic E-state index is 0. The number of hydrogen-bond acceptors (Lipinski definition) is 3. The van der Waals surface area contributed by atoms with Crippen LogP contribution in [0.4, 0.5) is 0 Å². The molecule has 138 valence electrons. The van der Waals surface area contributed by atoms with Gasteiger partial charge in [-0.1, -0.05) is 19.3 Å². The third kappa shape index (κ3) is 5.09. The summed E-state index contributed by atoms with van der Waals surface area (Å²) in [4.78, 5) is 26.2. The first-order valence-electron chi connectivity index (χ1n) is 9.42. The molecule has 0 aromatic rings. The van der Waals surface area contributed by atoms with Crippen molar-refractivity contribution in [3.8, 4) is 0 Å². The van der Waals surface area contributed by atoms with Crippen LogP contribution in [0.2, 0.25) is 0 Å². The lowest BCUT2D eigenvalue weighted by Gasteiger charge is -2.38. The summed E-state index contributed by atoms with van der Waals surface area (Å²) >= 11 is 0. The monoisotopic (exact) mass is 357 g/mol. The van der Waals surface area contributed by atoms with Crippen molar-refractivity contribution < 1.29 is 9.59 Å². The van der Waals surface area contributed by atoms with E-state index in [2.05, 4.69) is 10.6 Å². The molecule has 5 nitrogen and oxygen atoms in total. The molecule has 0 bridgehead atoms. The quantitative estimate of drug-likeness (QED) is 0.810. The molecule has 3 fully saturated rings. The Kier molecular flexibility index (Phi) is 7.35. The van der Waals surface area contributed by atoms with Gasteiger partial charge in [-0.2, -0.15) is 0 Å². The molecule has 3 rings (SSSR count). The highest BCUT2D eigenvalue weighted by molar-refractivity contribution is 5.85. The van der Waals surface area contributed by atoms with Gasteiger partial charge in [0, 0.05) is 26.1 Å². The maximum atomic E-state index is 12.3. The summed E-state index contributed by atoms with van der Waals surface area (Å²) in [6, 6.07) is 0. The molecule has 1 spiro atoms. The van der Waals surface area contributed by atoms with Crippen LogP contribution in [0.3, 0.4) is 0 Å². The van der Waals surface area contributed by atoms with Crippen LogP contribution in [0.1, 0.15) is 57.8 Å². The van der Waals surface area contributed by atoms with E-state index in [1.807, 2.05) is 4.90 Å². The fourth-order valence-electron chi connectivity index (χ4n) is 4.46. The van der Waals surface area contributed by atoms with E-state index in [1.54, 1.807) is 0 Å². The number of carbonyl (C=O) groups excluding carboxylic acids is 2. The van der Waals surface area contributed by atoms with Crippen LogP contribution in [0.5, 0.6) is 0 Å². The lowest BCUT2D eigenvalue weighted by atomic mass is 9.78. The molecular weight excluding hydrogens is 326 g/mol. The van der Waals surface area contributed by atoms with Gasteiger partial charge in [0.05, 0.1) is 6.54 Å². The molecule has 0 aromatic heterocycles. The predicted octanol–water partition coefficient (Wildman–Crippen LogP) is 2.10. The molecule has 0 radical (unpaired) electrons. The Morgan fingerprint density at radius 3 is 2.42 bits per heavy atom. The second-order valence-corrected chi connectivity index (χ2v) is 7.79. The predicted molar refractivity (Wildman–Crippen MR) is 97.2 cm³/mol. The van der Waals surface area contributed by atoms with Gasteiger partial charge in [-0.3, -0.25) is 9.59 Å². The zero-order valence-corrected chi connectivity index (χ0v) is 15.5. The molecule has 0 aromatic carbocycles. The van der Waals surface area contributed by atoms with Gasteiger partial charge < -0.3 is 15.5 Å². The topological polar surface area (TPSA) is 61.4 Å². The number of likely N-dealkylation sites (tertiary alicyclic amines) is 1. The Labute approximate surface area is 151 Å². The van der Waals surface area contributed by atoms with Gasteiger partial charge in [-0.05, 0) is 50.0 Å². The summed E-state index contributed by atoms with van der Waals surface area (Å²) in [6.45, 7) is 4.09. The average Bonchev–Trinajstić information content (AvgIpc) is 3.02. The van der Waals surface area contributed by atoms with Crippen molar-refractivity contribution in [3.05, 3.63) is 0 Å². The zero-order chi connectivity index (χ0) is 16.1. The van der Waals surface area contributed by atoms with Crippen LogP contribution in [-0.4, -0.2) is 49.4 Å². The van der Waals surface area contributed by atoms with E-state index in [9.17, 15) is 9.59 Å². The SMILES string of the molecule is Cl.O=C(CC1CCCCC1)NCC(=O)N1CCC2(CCNC2)CC1. The van der Waals surface area contributed by atoms with E-state index in [0.717, 1.165) is 39.0 Å². The van der Waals surface area contributed by atoms with Gasteiger partial charge in [0.2, 0.25) is 11.8 Å². The molecule has 2 N–H and O–H groups in total. The molecule has 1 saturated carbocycles. The molecule has 2 amide bonds. The summed E-state index contributed by atoms with van der Waals surface area (Å²) in [7, 11) is 0. The van der Waals surface area contributed by atoms with E-state index in [1.165, 1.54) is 38.5 Å². The third-order valence-electron chi connectivity index (χ3n) is 6.14. The summed E-state index contributed by atoms with van der Waals surface area (Å²) in [5.41, 5.74) is 0.432. The van der Waals surface area contributed by atoms with Crippen LogP contribution in [-0.2, 0) is 9.59 Å². The van der Waals surface area contributed by atoms with Crippen molar-refractivity contribution in [2.24, 2.45) is 11.3 Å². The normalized spacial score (nSPS) is 23.8. The first-order chi connectivity index (χ1) is 11.2. The van der Waals surface area contributed by atoms with Crippen LogP contribution in [0, 0.1) is 11.3 Å². The van der Waals surface area contributed by atoms with Crippen molar-refractivity contribution in [2.75, 3.05) is 32.7 Å². The van der Waals surface area contributed by atoms with Crippen molar-refractivity contribution in [1.82, 2.24) is 15.5 Å². The lowest BCUT2D eigenvalue weighted by Crippen LogP contribution is -2.47. The highest BCUT2D eigenvalue weighted by Crippen LogP contribution is 2.36. The average molecular weight is 358 g/mol. The van der Waals surface area contributed by atoms with Crippen LogP contribution in [0.25, 0.3) is 0 Å². The number of carbonyl (C=O) groups is 2. The Bertz CT molecular complexity index is 422. The molecule has 2 aliphatic heterocycles. The first-order valence-corrected chi connectivity index (χ1v) is 9.42. The second kappa shape index (κ2) is 9.04. The second-order valence-electron chi connectivity index (χ2n) is 7.79. The number of hydrogen-bond donors (Lipinski definition) is 2. The van der Waals surface area contributed by atoms with E-state index in [0.29, 0.717) is 17.8 Å². The molecule has 6 heteroatoms. The van der Waals surface area contributed by atoms with Crippen molar-refractivity contribution in [2.45, 2.75) is 57.8 Å². The van der Waals surface area contributed by atoms with Gasteiger partial charge in [-0.15, -0.1) is 12.4 Å². The fourth-order valence-corrected chi connectivity index (χ4v) is 4.46. The fraction of sp³-hybridized carbons (Fsp3) is 0.889. The molecule has 24 heavy (non-hydrogen) atoms. The number of nitrogens with one attached hydrogen (secondary N) is 2. The molecule has 0 atom stereocenters. The van der Waals surface area contributed by atoms with Gasteiger partial charge >= 0.3 is 0 Å². The molecule has 2 heterocycles. The van der Waals surface area contributed by atoms with Crippen LogP contribution < -0.4 is 10.6 Å². The Morgan fingerprint density at radius 1 is 1.08 bits per heavy atom. The van der Waals surface area contributed by atoms with Crippen LogP contribution in [0.15, 0.2) is 0 Å². The largest absolute Gasteiger partial charge is 0.347 e. The van der Waals surface area contributed by atoms with Gasteiger partial charge in [0.15, 0.2) is 0 Å². The lowest BCUT2D eigenvalue weighted by molar-refractivity contribution is -0.134.